The number of aryl methyl sites for hydroxylation is 2. The average Bonchev–Trinajstić information content (AvgIpc) is 3.32. The van der Waals surface area contributed by atoms with Crippen molar-refractivity contribution < 1.29 is 17.7 Å². The lowest BCUT2D eigenvalue weighted by molar-refractivity contribution is -0.116. The molecule has 35 heavy (non-hydrogen) atoms. The highest BCUT2D eigenvalue weighted by molar-refractivity contribution is 7.89. The van der Waals surface area contributed by atoms with Gasteiger partial charge in [0.2, 0.25) is 27.6 Å². The summed E-state index contributed by atoms with van der Waals surface area (Å²) in [6.07, 6.45) is 1.60. The lowest BCUT2D eigenvalue weighted by Crippen LogP contribution is -2.48. The van der Waals surface area contributed by atoms with Crippen molar-refractivity contribution in [3.63, 3.8) is 0 Å². The second kappa shape index (κ2) is 9.52. The van der Waals surface area contributed by atoms with Crippen LogP contribution in [0.4, 0.5) is 5.69 Å². The number of sulfonamides is 1. The van der Waals surface area contributed by atoms with Gasteiger partial charge in [-0.2, -0.15) is 9.29 Å². The van der Waals surface area contributed by atoms with Crippen molar-refractivity contribution in [2.24, 2.45) is 0 Å². The van der Waals surface area contributed by atoms with Crippen molar-refractivity contribution in [1.82, 2.24) is 19.3 Å². The Balaban J connectivity index is 1.22. The molecule has 184 valence electrons. The van der Waals surface area contributed by atoms with Gasteiger partial charge >= 0.3 is 0 Å². The van der Waals surface area contributed by atoms with E-state index in [2.05, 4.69) is 15.0 Å². The third kappa shape index (κ3) is 4.86. The number of hydrogen-bond donors (Lipinski definition) is 0. The number of benzene rings is 2. The smallest absolute Gasteiger partial charge is 0.243 e. The van der Waals surface area contributed by atoms with Gasteiger partial charge in [0.25, 0.3) is 0 Å². The fraction of sp³-hybridized carbons (Fsp3) is 0.400. The number of rotatable bonds is 5. The largest absolute Gasteiger partial charge is 0.338 e. The zero-order valence-corrected chi connectivity index (χ0v) is 20.8. The lowest BCUT2D eigenvalue weighted by atomic mass is 10.0. The summed E-state index contributed by atoms with van der Waals surface area (Å²) in [6.45, 7) is 6.64. The van der Waals surface area contributed by atoms with E-state index >= 15 is 0 Å². The summed E-state index contributed by atoms with van der Waals surface area (Å²) in [5.41, 5.74) is 3.79. The van der Waals surface area contributed by atoms with Crippen LogP contribution in [0, 0.1) is 6.92 Å². The molecule has 5 rings (SSSR count). The molecule has 1 amide bonds. The number of amides is 1. The van der Waals surface area contributed by atoms with Gasteiger partial charge in [-0.05, 0) is 43.5 Å². The molecule has 9 nitrogen and oxygen atoms in total. The molecule has 0 N–H and O–H groups in total. The highest BCUT2D eigenvalue weighted by Gasteiger charge is 2.30. The predicted octanol–water partition coefficient (Wildman–Crippen LogP) is 2.85. The second-order valence-corrected chi connectivity index (χ2v) is 11.1. The number of piperazine rings is 1. The van der Waals surface area contributed by atoms with Gasteiger partial charge in [0.05, 0.1) is 11.4 Å². The number of hydrogen-bond acceptors (Lipinski definition) is 7. The Kier molecular flexibility index (Phi) is 6.43. The Bertz CT molecular complexity index is 1330. The maximum atomic E-state index is 13.3. The van der Waals surface area contributed by atoms with Crippen molar-refractivity contribution in [1.29, 1.82) is 0 Å². The van der Waals surface area contributed by atoms with E-state index in [-0.39, 0.29) is 10.8 Å². The van der Waals surface area contributed by atoms with E-state index in [1.165, 1.54) is 16.8 Å². The summed E-state index contributed by atoms with van der Waals surface area (Å²) in [6, 6.07) is 13.1. The maximum absolute atomic E-state index is 13.3. The molecule has 2 aliphatic heterocycles. The Morgan fingerprint density at radius 1 is 1.03 bits per heavy atom. The molecule has 2 aromatic carbocycles. The van der Waals surface area contributed by atoms with Gasteiger partial charge < -0.3 is 9.42 Å². The molecule has 0 atom stereocenters. The second-order valence-electron chi connectivity index (χ2n) is 9.12. The van der Waals surface area contributed by atoms with Crippen LogP contribution in [-0.4, -0.2) is 66.4 Å². The molecule has 3 heterocycles. The van der Waals surface area contributed by atoms with Crippen LogP contribution in [0.1, 0.15) is 30.4 Å². The SMILES string of the molecule is CC(=O)N1CCCc2cc(S(=O)(=O)N3CCN(Cc4nc(-c5ccc(C)cc5)no4)CC3)ccc21. The Morgan fingerprint density at radius 3 is 2.49 bits per heavy atom. The molecule has 0 bridgehead atoms. The molecular formula is C25H29N5O4S. The number of carbonyl (C=O) groups excluding carboxylic acids is 1. The quantitative estimate of drug-likeness (QED) is 0.537. The average molecular weight is 496 g/mol. The number of nitrogens with zero attached hydrogens (tertiary/aromatic N) is 5. The summed E-state index contributed by atoms with van der Waals surface area (Å²) in [5.74, 6) is 1.04. The first-order valence-electron chi connectivity index (χ1n) is 11.8. The van der Waals surface area contributed by atoms with E-state index < -0.39 is 10.0 Å². The van der Waals surface area contributed by atoms with Crippen LogP contribution in [-0.2, 0) is 27.8 Å². The molecule has 0 spiro atoms. The van der Waals surface area contributed by atoms with Gasteiger partial charge in [0.1, 0.15) is 0 Å². The number of fused-ring (bicyclic) bond motifs is 1. The molecule has 10 heteroatoms. The number of anilines is 1. The topological polar surface area (TPSA) is 99.9 Å². The molecule has 1 fully saturated rings. The molecule has 0 saturated carbocycles. The van der Waals surface area contributed by atoms with E-state index in [9.17, 15) is 13.2 Å². The van der Waals surface area contributed by atoms with Gasteiger partial charge in [-0.25, -0.2) is 8.42 Å². The number of carbonyl (C=O) groups is 1. The zero-order valence-electron chi connectivity index (χ0n) is 20.0. The van der Waals surface area contributed by atoms with Crippen molar-refractivity contribution in [2.45, 2.75) is 38.1 Å². The molecule has 2 aliphatic rings. The molecule has 3 aromatic rings. The highest BCUT2D eigenvalue weighted by Crippen LogP contribution is 2.31. The summed E-state index contributed by atoms with van der Waals surface area (Å²) in [5, 5.41) is 4.08. The fourth-order valence-electron chi connectivity index (χ4n) is 4.67. The third-order valence-corrected chi connectivity index (χ3v) is 8.55. The van der Waals surface area contributed by atoms with Gasteiger partial charge in [-0.3, -0.25) is 9.69 Å². The van der Waals surface area contributed by atoms with E-state index in [1.54, 1.807) is 23.1 Å². The van der Waals surface area contributed by atoms with Crippen molar-refractivity contribution >= 4 is 21.6 Å². The Morgan fingerprint density at radius 2 is 1.77 bits per heavy atom. The monoisotopic (exact) mass is 495 g/mol. The first-order chi connectivity index (χ1) is 16.8. The van der Waals surface area contributed by atoms with E-state index in [0.717, 1.165) is 29.7 Å². The van der Waals surface area contributed by atoms with Gasteiger partial charge in [-0.1, -0.05) is 35.0 Å². The minimum Gasteiger partial charge on any atom is -0.338 e. The highest BCUT2D eigenvalue weighted by atomic mass is 32.2. The van der Waals surface area contributed by atoms with Crippen molar-refractivity contribution in [3.05, 3.63) is 59.5 Å². The van der Waals surface area contributed by atoms with Crippen LogP contribution >= 0.6 is 0 Å². The molecule has 0 unspecified atom stereocenters. The van der Waals surface area contributed by atoms with E-state index in [4.69, 9.17) is 4.52 Å². The van der Waals surface area contributed by atoms with Crippen LogP contribution < -0.4 is 4.90 Å². The Hall–Kier alpha value is -3.08. The molecule has 0 aliphatic carbocycles. The summed E-state index contributed by atoms with van der Waals surface area (Å²) >= 11 is 0. The van der Waals surface area contributed by atoms with Crippen LogP contribution in [0.5, 0.6) is 0 Å². The van der Waals surface area contributed by atoms with Gasteiger partial charge in [0, 0.05) is 50.9 Å². The summed E-state index contributed by atoms with van der Waals surface area (Å²) in [7, 11) is -3.61. The Labute approximate surface area is 205 Å². The van der Waals surface area contributed by atoms with Gasteiger partial charge in [-0.15, -0.1) is 0 Å². The lowest BCUT2D eigenvalue weighted by Gasteiger charge is -2.33. The molecule has 0 radical (unpaired) electrons. The van der Waals surface area contributed by atoms with Crippen molar-refractivity contribution in [2.75, 3.05) is 37.6 Å². The summed E-state index contributed by atoms with van der Waals surface area (Å²) < 4.78 is 33.6. The van der Waals surface area contributed by atoms with Crippen molar-refractivity contribution in [3.8, 4) is 11.4 Å². The minimum absolute atomic E-state index is 0.0232. The first-order valence-corrected chi connectivity index (χ1v) is 13.3. The minimum atomic E-state index is -3.61. The first kappa shape index (κ1) is 23.7. The molecule has 1 aromatic heterocycles. The standard InChI is InChI=1S/C25H29N5O4S/c1-18-5-7-20(8-6-18)25-26-24(34-27-25)17-28-12-14-29(15-13-28)35(32,33)22-9-10-23-21(16-22)4-3-11-30(23)19(2)31/h5-10,16H,3-4,11-15,17H2,1-2H3. The molecular weight excluding hydrogens is 466 g/mol. The van der Waals surface area contributed by atoms with Crippen LogP contribution in [0.2, 0.25) is 0 Å². The maximum Gasteiger partial charge on any atom is 0.243 e. The van der Waals surface area contributed by atoms with Crippen LogP contribution in [0.15, 0.2) is 51.9 Å². The van der Waals surface area contributed by atoms with E-state index in [0.29, 0.717) is 51.0 Å². The van der Waals surface area contributed by atoms with Crippen LogP contribution in [0.25, 0.3) is 11.4 Å². The van der Waals surface area contributed by atoms with Gasteiger partial charge in [0.15, 0.2) is 0 Å². The van der Waals surface area contributed by atoms with Crippen LogP contribution in [0.3, 0.4) is 0 Å². The summed E-state index contributed by atoms with van der Waals surface area (Å²) in [4.78, 5) is 20.5. The predicted molar refractivity (Wildman–Crippen MR) is 131 cm³/mol. The fourth-order valence-corrected chi connectivity index (χ4v) is 6.14. The third-order valence-electron chi connectivity index (χ3n) is 6.66. The molecule has 1 saturated heterocycles. The van der Waals surface area contributed by atoms with E-state index in [1.807, 2.05) is 31.2 Å². The normalized spacial score (nSPS) is 17.4. The number of aromatic nitrogens is 2. The zero-order chi connectivity index (χ0) is 24.6.